The number of fused-ring (bicyclic) bond motifs is 3. The second-order valence-electron chi connectivity index (χ2n) is 3.55. The second-order valence-corrected chi connectivity index (χ2v) is 6.23. The van der Waals surface area contributed by atoms with Gasteiger partial charge in [-0.1, -0.05) is 0 Å². The van der Waals surface area contributed by atoms with Crippen LogP contribution < -0.4 is 0 Å². The molecule has 0 unspecified atom stereocenters. The molecule has 2 aromatic rings. The zero-order chi connectivity index (χ0) is 9.54. The van der Waals surface area contributed by atoms with Gasteiger partial charge in [0.05, 0.1) is 0 Å². The molecule has 0 saturated carbocycles. The molecule has 0 radical (unpaired) electrons. The van der Waals surface area contributed by atoms with Gasteiger partial charge in [-0.15, -0.1) is 0 Å². The minimum absolute atomic E-state index is 0.406. The van der Waals surface area contributed by atoms with Gasteiger partial charge in [0.25, 0.3) is 0 Å². The van der Waals surface area contributed by atoms with Gasteiger partial charge in [-0.05, 0) is 0 Å². The van der Waals surface area contributed by atoms with Crippen LogP contribution in [0.2, 0.25) is 5.15 Å². The summed E-state index contributed by atoms with van der Waals surface area (Å²) < 4.78 is 2.83. The molecule has 14 heavy (non-hydrogen) atoms. The molecule has 0 aromatic carbocycles. The van der Waals surface area contributed by atoms with Gasteiger partial charge < -0.3 is 0 Å². The van der Waals surface area contributed by atoms with E-state index in [1.165, 1.54) is 35.5 Å². The number of halogens is 1. The molecule has 2 heterocycles. The van der Waals surface area contributed by atoms with Crippen molar-refractivity contribution in [3.8, 4) is 0 Å². The maximum absolute atomic E-state index is 6.07. The Morgan fingerprint density at radius 3 is 3.00 bits per heavy atom. The summed E-state index contributed by atoms with van der Waals surface area (Å²) in [5.74, 6) is 0. The van der Waals surface area contributed by atoms with Gasteiger partial charge in [0, 0.05) is 0 Å². The number of aromatic nitrogens is 2. The zero-order valence-corrected chi connectivity index (χ0v) is 10.1. The first kappa shape index (κ1) is 8.90. The van der Waals surface area contributed by atoms with Gasteiger partial charge >= 0.3 is 93.0 Å². The number of hydrogen-bond donors (Lipinski definition) is 0. The van der Waals surface area contributed by atoms with Gasteiger partial charge in [0.2, 0.25) is 0 Å². The number of rotatable bonds is 0. The van der Waals surface area contributed by atoms with Crippen LogP contribution in [0, 0.1) is 0 Å². The molecule has 0 bridgehead atoms. The van der Waals surface area contributed by atoms with Crippen LogP contribution in [0.25, 0.3) is 9.78 Å². The van der Waals surface area contributed by atoms with Gasteiger partial charge in [-0.3, -0.25) is 0 Å². The number of aryl methyl sites for hydroxylation is 2. The molecule has 0 fully saturated rings. The molecule has 1 aliphatic rings. The molecule has 0 spiro atoms. The van der Waals surface area contributed by atoms with Crippen molar-refractivity contribution >= 4 is 35.9 Å². The van der Waals surface area contributed by atoms with Crippen LogP contribution in [-0.2, 0) is 12.8 Å². The summed E-state index contributed by atoms with van der Waals surface area (Å²) in [4.78, 5) is 8.42. The predicted octanol–water partition coefficient (Wildman–Crippen LogP) is 2.22. The minimum atomic E-state index is 0.406. The molecule has 72 valence electrons. The Labute approximate surface area is 93.1 Å². The summed E-state index contributed by atoms with van der Waals surface area (Å²) in [7, 11) is 0. The second kappa shape index (κ2) is 3.34. The van der Waals surface area contributed by atoms with E-state index < -0.39 is 0 Å². The van der Waals surface area contributed by atoms with Gasteiger partial charge in [-0.25, -0.2) is 0 Å². The Kier molecular flexibility index (Phi) is 2.12. The Hall–Kier alpha value is -0.371. The van der Waals surface area contributed by atoms with E-state index in [-0.39, 0.29) is 0 Å². The third kappa shape index (κ3) is 1.23. The van der Waals surface area contributed by atoms with Gasteiger partial charge in [-0.2, -0.15) is 0 Å². The monoisotopic (exact) mass is 272 g/mol. The molecule has 2 nitrogen and oxygen atoms in total. The Bertz CT molecular complexity index is 492. The van der Waals surface area contributed by atoms with E-state index in [0.717, 1.165) is 5.52 Å². The molecule has 0 N–H and O–H groups in total. The molecule has 0 aliphatic heterocycles. The van der Waals surface area contributed by atoms with Gasteiger partial charge in [0.1, 0.15) is 0 Å². The summed E-state index contributed by atoms with van der Waals surface area (Å²) in [6.45, 7) is 0. The third-order valence-corrected chi connectivity index (χ3v) is 5.93. The average molecular weight is 272 g/mol. The van der Waals surface area contributed by atoms with E-state index in [1.807, 2.05) is 0 Å². The average Bonchev–Trinajstić information content (AvgIpc) is 2.59. The van der Waals surface area contributed by atoms with Crippen LogP contribution in [0.4, 0.5) is 0 Å². The fourth-order valence-corrected chi connectivity index (χ4v) is 4.92. The van der Waals surface area contributed by atoms with E-state index in [9.17, 15) is 0 Å². The predicted molar refractivity (Wildman–Crippen MR) is 58.1 cm³/mol. The van der Waals surface area contributed by atoms with Crippen molar-refractivity contribution in [1.29, 1.82) is 0 Å². The van der Waals surface area contributed by atoms with E-state index in [4.69, 9.17) is 11.6 Å². The van der Waals surface area contributed by atoms with Crippen LogP contribution >= 0.6 is 11.6 Å². The summed E-state index contributed by atoms with van der Waals surface area (Å²) >= 11 is 6.48. The normalized spacial score (nSPS) is 15.8. The van der Waals surface area contributed by atoms with E-state index in [0.29, 0.717) is 19.7 Å². The Balaban J connectivity index is 2.36. The SMILES string of the molecule is Clc1ncnc2c3c([se]c12)CCCC3. The summed E-state index contributed by atoms with van der Waals surface area (Å²) in [5, 5.41) is 0.671. The maximum atomic E-state index is 6.07. The first-order valence-electron chi connectivity index (χ1n) is 4.77. The van der Waals surface area contributed by atoms with Crippen LogP contribution in [0.1, 0.15) is 22.8 Å². The molecular weight excluding hydrogens is 263 g/mol. The van der Waals surface area contributed by atoms with Crippen molar-refractivity contribution in [1.82, 2.24) is 9.97 Å². The van der Waals surface area contributed by atoms with E-state index in [1.54, 1.807) is 10.8 Å². The van der Waals surface area contributed by atoms with Gasteiger partial charge in [0.15, 0.2) is 0 Å². The first-order chi connectivity index (χ1) is 6.86. The number of nitrogens with zero attached hydrogens (tertiary/aromatic N) is 2. The summed E-state index contributed by atoms with van der Waals surface area (Å²) in [5.41, 5.74) is 2.63. The molecular formula is C10H9ClN2Se. The zero-order valence-electron chi connectivity index (χ0n) is 7.59. The standard InChI is InChI=1S/C10H9ClN2Se/c11-10-9-8(12-5-13-10)6-3-1-2-4-7(6)14-9/h5H,1-4H2. The van der Waals surface area contributed by atoms with Crippen molar-refractivity contribution in [2.45, 2.75) is 25.7 Å². The van der Waals surface area contributed by atoms with Crippen molar-refractivity contribution in [3.63, 3.8) is 0 Å². The molecule has 0 saturated heterocycles. The van der Waals surface area contributed by atoms with Crippen molar-refractivity contribution in [3.05, 3.63) is 21.5 Å². The Morgan fingerprint density at radius 2 is 2.07 bits per heavy atom. The summed E-state index contributed by atoms with van der Waals surface area (Å²) in [6.07, 6.45) is 6.66. The fraction of sp³-hybridized carbons (Fsp3) is 0.400. The molecule has 0 atom stereocenters. The summed E-state index contributed by atoms with van der Waals surface area (Å²) in [6, 6.07) is 0. The third-order valence-electron chi connectivity index (χ3n) is 2.69. The molecule has 1 aliphatic carbocycles. The van der Waals surface area contributed by atoms with Crippen molar-refractivity contribution in [2.75, 3.05) is 0 Å². The topological polar surface area (TPSA) is 25.8 Å². The van der Waals surface area contributed by atoms with E-state index in [2.05, 4.69) is 9.97 Å². The molecule has 2 aromatic heterocycles. The fourth-order valence-electron chi connectivity index (χ4n) is 2.02. The van der Waals surface area contributed by atoms with E-state index >= 15 is 0 Å². The quantitative estimate of drug-likeness (QED) is 0.542. The Morgan fingerprint density at radius 1 is 1.21 bits per heavy atom. The van der Waals surface area contributed by atoms with Crippen LogP contribution in [0.5, 0.6) is 0 Å². The number of hydrogen-bond acceptors (Lipinski definition) is 2. The van der Waals surface area contributed by atoms with Crippen LogP contribution in [0.15, 0.2) is 6.33 Å². The van der Waals surface area contributed by atoms with Crippen molar-refractivity contribution < 1.29 is 0 Å². The molecule has 4 heteroatoms. The molecule has 0 amide bonds. The van der Waals surface area contributed by atoms with Crippen LogP contribution in [0.3, 0.4) is 0 Å². The van der Waals surface area contributed by atoms with Crippen molar-refractivity contribution in [2.24, 2.45) is 0 Å². The molecule has 3 rings (SSSR count). The van der Waals surface area contributed by atoms with Crippen LogP contribution in [-0.4, -0.2) is 24.5 Å². The first-order valence-corrected chi connectivity index (χ1v) is 6.86.